The van der Waals surface area contributed by atoms with Crippen LogP contribution >= 0.6 is 27.3 Å². The first kappa shape index (κ1) is 14.6. The van der Waals surface area contributed by atoms with Gasteiger partial charge < -0.3 is 10.1 Å². The summed E-state index contributed by atoms with van der Waals surface area (Å²) in [6.45, 7) is 4.08. The molecule has 1 heterocycles. The van der Waals surface area contributed by atoms with Crippen LogP contribution in [0.5, 0.6) is 5.75 Å². The maximum atomic E-state index is 5.76. The topological polar surface area (TPSA) is 21.3 Å². The van der Waals surface area contributed by atoms with Crippen LogP contribution in [-0.4, -0.2) is 13.2 Å². The fraction of sp³-hybridized carbons (Fsp3) is 0.333. The van der Waals surface area contributed by atoms with Crippen molar-refractivity contribution in [2.45, 2.75) is 26.0 Å². The number of hydrogen-bond donors (Lipinski definition) is 1. The maximum Gasteiger partial charge on any atom is 0.120 e. The zero-order valence-corrected chi connectivity index (χ0v) is 13.7. The van der Waals surface area contributed by atoms with Gasteiger partial charge >= 0.3 is 0 Å². The average Bonchev–Trinajstić information content (AvgIpc) is 2.77. The van der Waals surface area contributed by atoms with Crippen molar-refractivity contribution in [3.05, 3.63) is 50.6 Å². The first-order valence-electron chi connectivity index (χ1n) is 6.28. The van der Waals surface area contributed by atoms with Gasteiger partial charge in [-0.25, -0.2) is 0 Å². The van der Waals surface area contributed by atoms with Gasteiger partial charge in [-0.05, 0) is 66.0 Å². The Morgan fingerprint density at radius 1 is 1.26 bits per heavy atom. The number of halogens is 1. The Bertz CT molecular complexity index is 538. The van der Waals surface area contributed by atoms with Crippen molar-refractivity contribution in [3.63, 3.8) is 0 Å². The van der Waals surface area contributed by atoms with Gasteiger partial charge in [-0.2, -0.15) is 0 Å². The van der Waals surface area contributed by atoms with Crippen molar-refractivity contribution in [1.29, 1.82) is 0 Å². The molecule has 0 aliphatic heterocycles. The molecule has 0 bridgehead atoms. The van der Waals surface area contributed by atoms with Gasteiger partial charge in [0.25, 0.3) is 0 Å². The molecule has 4 heteroatoms. The Balaban J connectivity index is 2.31. The van der Waals surface area contributed by atoms with Gasteiger partial charge in [0.05, 0.1) is 12.1 Å². The molecular weight excluding hydrogens is 322 g/mol. The van der Waals surface area contributed by atoms with Crippen molar-refractivity contribution in [2.75, 3.05) is 7.05 Å². The van der Waals surface area contributed by atoms with Crippen LogP contribution in [0.25, 0.3) is 0 Å². The lowest BCUT2D eigenvalue weighted by Crippen LogP contribution is -2.17. The summed E-state index contributed by atoms with van der Waals surface area (Å²) < 4.78 is 6.91. The van der Waals surface area contributed by atoms with E-state index in [1.54, 1.807) is 11.3 Å². The molecule has 1 aromatic carbocycles. The van der Waals surface area contributed by atoms with E-state index in [1.165, 1.54) is 10.4 Å². The van der Waals surface area contributed by atoms with E-state index in [1.807, 2.05) is 33.0 Å². The fourth-order valence-corrected chi connectivity index (χ4v) is 3.74. The molecule has 0 spiro atoms. The molecule has 0 aliphatic carbocycles. The van der Waals surface area contributed by atoms with Gasteiger partial charge in [0, 0.05) is 9.35 Å². The van der Waals surface area contributed by atoms with E-state index in [0.29, 0.717) is 0 Å². The van der Waals surface area contributed by atoms with Crippen molar-refractivity contribution in [1.82, 2.24) is 5.32 Å². The third kappa shape index (κ3) is 3.59. The minimum Gasteiger partial charge on any atom is -0.491 e. The summed E-state index contributed by atoms with van der Waals surface area (Å²) in [5.41, 5.74) is 1.21. The van der Waals surface area contributed by atoms with Gasteiger partial charge in [-0.3, -0.25) is 0 Å². The van der Waals surface area contributed by atoms with E-state index in [0.717, 1.165) is 10.2 Å². The fourth-order valence-electron chi connectivity index (χ4n) is 2.00. The van der Waals surface area contributed by atoms with E-state index in [-0.39, 0.29) is 12.1 Å². The molecule has 19 heavy (non-hydrogen) atoms. The van der Waals surface area contributed by atoms with Crippen molar-refractivity contribution in [2.24, 2.45) is 0 Å². The molecule has 0 saturated heterocycles. The van der Waals surface area contributed by atoms with Crippen molar-refractivity contribution in [3.8, 4) is 5.75 Å². The molecule has 0 radical (unpaired) electrons. The number of nitrogens with one attached hydrogen (secondary N) is 1. The molecule has 1 aromatic heterocycles. The molecule has 2 rings (SSSR count). The molecule has 0 amide bonds. The summed E-state index contributed by atoms with van der Waals surface area (Å²) in [5.74, 6) is 0.917. The minimum atomic E-state index is 0.185. The van der Waals surface area contributed by atoms with Gasteiger partial charge in [-0.15, -0.1) is 11.3 Å². The third-order valence-electron chi connectivity index (χ3n) is 2.76. The standard InChI is InChI=1S/C15H18BrNOS/c1-10(2)18-12-6-4-5-11(9-12)14(17-3)15-13(16)7-8-19-15/h4-10,14,17H,1-3H3. The van der Waals surface area contributed by atoms with Crippen LogP contribution in [0.2, 0.25) is 0 Å². The van der Waals surface area contributed by atoms with Gasteiger partial charge in [0.1, 0.15) is 5.75 Å². The first-order valence-corrected chi connectivity index (χ1v) is 7.96. The highest BCUT2D eigenvalue weighted by molar-refractivity contribution is 9.10. The maximum absolute atomic E-state index is 5.76. The Morgan fingerprint density at radius 2 is 2.05 bits per heavy atom. The highest BCUT2D eigenvalue weighted by Crippen LogP contribution is 2.34. The highest BCUT2D eigenvalue weighted by atomic mass is 79.9. The average molecular weight is 340 g/mol. The van der Waals surface area contributed by atoms with Crippen LogP contribution in [0.1, 0.15) is 30.3 Å². The zero-order valence-electron chi connectivity index (χ0n) is 11.3. The zero-order chi connectivity index (χ0) is 13.8. The molecule has 0 saturated carbocycles. The number of thiophene rings is 1. The highest BCUT2D eigenvalue weighted by Gasteiger charge is 2.16. The minimum absolute atomic E-state index is 0.185. The van der Waals surface area contributed by atoms with Crippen molar-refractivity contribution >= 4 is 27.3 Å². The van der Waals surface area contributed by atoms with Crippen LogP contribution in [-0.2, 0) is 0 Å². The van der Waals surface area contributed by atoms with Gasteiger partial charge in [-0.1, -0.05) is 12.1 Å². The molecule has 0 fully saturated rings. The summed E-state index contributed by atoms with van der Waals surface area (Å²) in [4.78, 5) is 1.28. The molecule has 1 unspecified atom stereocenters. The monoisotopic (exact) mass is 339 g/mol. The summed E-state index contributed by atoms with van der Waals surface area (Å²) >= 11 is 5.35. The second kappa shape index (κ2) is 6.55. The molecule has 1 atom stereocenters. The van der Waals surface area contributed by atoms with Crippen LogP contribution in [0.4, 0.5) is 0 Å². The molecule has 1 N–H and O–H groups in total. The van der Waals surface area contributed by atoms with Crippen LogP contribution in [0.15, 0.2) is 40.2 Å². The normalized spacial score (nSPS) is 12.7. The van der Waals surface area contributed by atoms with E-state index in [4.69, 9.17) is 4.74 Å². The lowest BCUT2D eigenvalue weighted by Gasteiger charge is -2.18. The largest absolute Gasteiger partial charge is 0.491 e. The second-order valence-corrected chi connectivity index (χ2v) is 6.40. The molecule has 2 nitrogen and oxygen atoms in total. The Hall–Kier alpha value is -0.840. The number of ether oxygens (including phenoxy) is 1. The van der Waals surface area contributed by atoms with E-state index >= 15 is 0 Å². The number of benzene rings is 1. The van der Waals surface area contributed by atoms with Crippen LogP contribution < -0.4 is 10.1 Å². The van der Waals surface area contributed by atoms with Gasteiger partial charge in [0.15, 0.2) is 0 Å². The summed E-state index contributed by atoms with van der Waals surface area (Å²) in [6.07, 6.45) is 0.191. The lowest BCUT2D eigenvalue weighted by molar-refractivity contribution is 0.242. The Labute approximate surface area is 126 Å². The predicted molar refractivity (Wildman–Crippen MR) is 85.1 cm³/mol. The molecule has 0 aliphatic rings. The molecule has 102 valence electrons. The predicted octanol–water partition coefficient (Wildman–Crippen LogP) is 4.61. The molecular formula is C15H18BrNOS. The smallest absolute Gasteiger partial charge is 0.120 e. The van der Waals surface area contributed by atoms with Crippen LogP contribution in [0.3, 0.4) is 0 Å². The summed E-state index contributed by atoms with van der Waals surface area (Å²) in [6, 6.07) is 10.5. The van der Waals surface area contributed by atoms with Crippen molar-refractivity contribution < 1.29 is 4.74 Å². The quantitative estimate of drug-likeness (QED) is 0.858. The van der Waals surface area contributed by atoms with Crippen LogP contribution in [0, 0.1) is 0 Å². The molecule has 2 aromatic rings. The summed E-state index contributed by atoms with van der Waals surface area (Å²) in [5, 5.41) is 5.46. The lowest BCUT2D eigenvalue weighted by atomic mass is 10.1. The number of hydrogen-bond acceptors (Lipinski definition) is 3. The SMILES string of the molecule is CNC(c1cccc(OC(C)C)c1)c1sccc1Br. The Morgan fingerprint density at radius 3 is 2.63 bits per heavy atom. The van der Waals surface area contributed by atoms with Gasteiger partial charge in [0.2, 0.25) is 0 Å². The summed E-state index contributed by atoms with van der Waals surface area (Å²) in [7, 11) is 1.98. The second-order valence-electron chi connectivity index (χ2n) is 4.59. The first-order chi connectivity index (χ1) is 9.11. The third-order valence-corrected chi connectivity index (χ3v) is 4.69. The van der Waals surface area contributed by atoms with E-state index in [9.17, 15) is 0 Å². The Kier molecular flexibility index (Phi) is 5.02. The number of rotatable bonds is 5. The van der Waals surface area contributed by atoms with E-state index < -0.39 is 0 Å². The van der Waals surface area contributed by atoms with E-state index in [2.05, 4.69) is 44.8 Å².